The first-order valence-electron chi connectivity index (χ1n) is 8.87. The predicted octanol–water partition coefficient (Wildman–Crippen LogP) is 1.72. The second-order valence-corrected chi connectivity index (χ2v) is 7.27. The van der Waals surface area contributed by atoms with Crippen molar-refractivity contribution in [3.63, 3.8) is 0 Å². The van der Waals surface area contributed by atoms with Crippen LogP contribution in [0.1, 0.15) is 34.1 Å². The molecule has 1 aromatic carbocycles. The van der Waals surface area contributed by atoms with Crippen LogP contribution in [0.15, 0.2) is 38.6 Å². The van der Waals surface area contributed by atoms with Crippen LogP contribution in [0.5, 0.6) is 0 Å². The molecule has 0 bridgehead atoms. The average molecular weight is 421 g/mol. The van der Waals surface area contributed by atoms with Gasteiger partial charge in [-0.25, -0.2) is 9.78 Å². The highest BCUT2D eigenvalue weighted by Gasteiger charge is 2.27. The Morgan fingerprint density at radius 1 is 1.27 bits per heavy atom. The van der Waals surface area contributed by atoms with Crippen molar-refractivity contribution in [2.75, 3.05) is 11.5 Å². The number of nitrogens with two attached hydrogens (primary N) is 1. The maximum absolute atomic E-state index is 12.4. The molecule has 0 aliphatic rings. The molecule has 0 saturated carbocycles. The zero-order valence-electron chi connectivity index (χ0n) is 16.2. The normalized spacial score (nSPS) is 10.4. The second kappa shape index (κ2) is 8.64. The number of nitriles is 2. The van der Waals surface area contributed by atoms with Crippen LogP contribution in [0.25, 0.3) is 11.1 Å². The van der Waals surface area contributed by atoms with E-state index in [1.165, 1.54) is 11.7 Å². The molecule has 0 fully saturated rings. The molecule has 0 aliphatic carbocycles. The van der Waals surface area contributed by atoms with Gasteiger partial charge in [-0.3, -0.25) is 9.32 Å². The van der Waals surface area contributed by atoms with Gasteiger partial charge < -0.3 is 5.73 Å². The van der Waals surface area contributed by atoms with E-state index >= 15 is 0 Å². The summed E-state index contributed by atoms with van der Waals surface area (Å²) in [6, 6.07) is 11.6. The van der Waals surface area contributed by atoms with E-state index < -0.39 is 11.4 Å². The molecule has 3 N–H and O–H groups in total. The molecule has 3 aromatic rings. The Balaban J connectivity index is 2.04. The van der Waals surface area contributed by atoms with Crippen LogP contribution in [-0.2, 0) is 13.5 Å². The van der Waals surface area contributed by atoms with E-state index in [2.05, 4.69) is 20.8 Å². The van der Waals surface area contributed by atoms with Crippen LogP contribution < -0.4 is 16.0 Å². The minimum atomic E-state index is -0.785. The number of carbonyl (C=O) groups is 1. The van der Waals surface area contributed by atoms with E-state index in [9.17, 15) is 20.1 Å². The van der Waals surface area contributed by atoms with E-state index in [1.807, 2.05) is 37.3 Å². The first-order valence-corrected chi connectivity index (χ1v) is 9.86. The summed E-state index contributed by atoms with van der Waals surface area (Å²) in [7, 11) is 1.47. The summed E-state index contributed by atoms with van der Waals surface area (Å²) >= 11 is 0.965. The monoisotopic (exact) mass is 421 g/mol. The van der Waals surface area contributed by atoms with Crippen molar-refractivity contribution >= 4 is 23.4 Å². The van der Waals surface area contributed by atoms with Crippen molar-refractivity contribution in [3.05, 3.63) is 57.1 Å². The molecule has 0 spiro atoms. The Hall–Kier alpha value is -3.89. The smallest absolute Gasteiger partial charge is 0.383 e. The number of hydrogen-bond donors (Lipinski definition) is 2. The van der Waals surface area contributed by atoms with Crippen LogP contribution in [-0.4, -0.2) is 21.8 Å². The molecule has 2 heterocycles. The number of benzene rings is 1. The van der Waals surface area contributed by atoms with Gasteiger partial charge in [-0.1, -0.05) is 47.6 Å². The van der Waals surface area contributed by atoms with E-state index in [1.54, 1.807) is 0 Å². The quantitative estimate of drug-likeness (QED) is 0.346. The van der Waals surface area contributed by atoms with Gasteiger partial charge in [0.15, 0.2) is 7.05 Å². The number of pyridine rings is 1. The number of nitrogens with one attached hydrogen (secondary N) is 1. The number of nitrogens with zero attached hydrogens (tertiary/aromatic N) is 4. The van der Waals surface area contributed by atoms with E-state index in [4.69, 9.17) is 5.73 Å². The highest BCUT2D eigenvalue weighted by atomic mass is 32.2. The molecule has 3 rings (SSSR count). The maximum atomic E-state index is 12.4. The van der Waals surface area contributed by atoms with Gasteiger partial charge in [0.05, 0.1) is 11.3 Å². The number of nitrogen functional groups attached to an aromatic ring is 1. The van der Waals surface area contributed by atoms with E-state index in [0.717, 1.165) is 23.7 Å². The van der Waals surface area contributed by atoms with Gasteiger partial charge >= 0.3 is 11.3 Å². The molecule has 0 unspecified atom stereocenters. The number of rotatable bonds is 6. The summed E-state index contributed by atoms with van der Waals surface area (Å²) in [4.78, 5) is 28.3. The van der Waals surface area contributed by atoms with E-state index in [-0.39, 0.29) is 33.4 Å². The highest BCUT2D eigenvalue weighted by molar-refractivity contribution is 8.00. The molecule has 2 aromatic heterocycles. The molecule has 0 saturated heterocycles. The fourth-order valence-electron chi connectivity index (χ4n) is 2.94. The van der Waals surface area contributed by atoms with Crippen molar-refractivity contribution in [1.29, 1.82) is 10.5 Å². The van der Waals surface area contributed by atoms with Crippen molar-refractivity contribution < 1.29 is 14.0 Å². The first-order chi connectivity index (χ1) is 14.4. The number of H-pyrrole nitrogens is 1. The summed E-state index contributed by atoms with van der Waals surface area (Å²) in [5.41, 5.74) is 7.42. The first kappa shape index (κ1) is 20.8. The summed E-state index contributed by atoms with van der Waals surface area (Å²) < 4.78 is 5.77. The fourth-order valence-corrected chi connectivity index (χ4v) is 3.80. The highest BCUT2D eigenvalue weighted by Crippen LogP contribution is 2.35. The lowest BCUT2D eigenvalue weighted by molar-refractivity contribution is -0.741. The van der Waals surface area contributed by atoms with Crippen LogP contribution in [0.3, 0.4) is 0 Å². The lowest BCUT2D eigenvalue weighted by Gasteiger charge is -2.13. The summed E-state index contributed by atoms with van der Waals surface area (Å²) in [6.07, 6.45) is 0.850. The minimum absolute atomic E-state index is 0.0345. The molecular formula is C20H17N6O3S+. The van der Waals surface area contributed by atoms with Gasteiger partial charge in [0.25, 0.3) is 0 Å². The van der Waals surface area contributed by atoms with Crippen LogP contribution in [0, 0.1) is 22.7 Å². The van der Waals surface area contributed by atoms with Crippen molar-refractivity contribution in [2.24, 2.45) is 7.05 Å². The molecule has 10 heteroatoms. The van der Waals surface area contributed by atoms with Gasteiger partial charge in [-0.2, -0.15) is 10.5 Å². The summed E-state index contributed by atoms with van der Waals surface area (Å²) in [5.74, 6) is -0.703. The number of hydrogen-bond acceptors (Lipinski definition) is 8. The predicted molar refractivity (Wildman–Crippen MR) is 108 cm³/mol. The Bertz CT molecular complexity index is 1260. The third kappa shape index (κ3) is 3.81. The van der Waals surface area contributed by atoms with Crippen molar-refractivity contribution in [3.8, 4) is 23.3 Å². The molecule has 0 amide bonds. The van der Waals surface area contributed by atoms with Crippen molar-refractivity contribution in [2.45, 2.75) is 18.4 Å². The third-order valence-electron chi connectivity index (χ3n) is 4.47. The third-order valence-corrected chi connectivity index (χ3v) is 5.45. The van der Waals surface area contributed by atoms with Gasteiger partial charge in [-0.05, 0) is 22.8 Å². The number of aryl methyl sites for hydroxylation is 2. The molecular weight excluding hydrogens is 404 g/mol. The van der Waals surface area contributed by atoms with Crippen LogP contribution in [0.4, 0.5) is 5.82 Å². The lowest BCUT2D eigenvalue weighted by Crippen LogP contribution is -2.39. The molecule has 150 valence electrons. The number of Topliss-reactive ketones (excluding diaryl/α,β-unsaturated/α-hetero) is 1. The Kier molecular flexibility index (Phi) is 6.00. The number of anilines is 1. The zero-order valence-corrected chi connectivity index (χ0v) is 17.0. The van der Waals surface area contributed by atoms with Crippen LogP contribution in [0.2, 0.25) is 0 Å². The molecule has 0 atom stereocenters. The summed E-state index contributed by atoms with van der Waals surface area (Å²) in [6.45, 7) is 2.03. The molecule has 0 aliphatic heterocycles. The van der Waals surface area contributed by atoms with Crippen molar-refractivity contribution in [1.82, 2.24) is 10.3 Å². The Morgan fingerprint density at radius 3 is 2.47 bits per heavy atom. The largest absolute Gasteiger partial charge is 0.438 e. The van der Waals surface area contributed by atoms with Gasteiger partial charge in [0, 0.05) is 5.56 Å². The number of aromatic amines is 1. The maximum Gasteiger partial charge on any atom is 0.438 e. The number of ketones is 1. The topological polar surface area (TPSA) is 153 Å². The summed E-state index contributed by atoms with van der Waals surface area (Å²) in [5, 5.41) is 21.9. The molecule has 0 radical (unpaired) electrons. The van der Waals surface area contributed by atoms with Crippen LogP contribution >= 0.6 is 11.8 Å². The zero-order chi connectivity index (χ0) is 21.8. The Morgan fingerprint density at radius 2 is 1.93 bits per heavy atom. The molecule has 9 nitrogen and oxygen atoms in total. The lowest BCUT2D eigenvalue weighted by atomic mass is 9.96. The minimum Gasteiger partial charge on any atom is -0.383 e. The second-order valence-electron chi connectivity index (χ2n) is 6.30. The van der Waals surface area contributed by atoms with Gasteiger partial charge in [-0.15, -0.1) is 0 Å². The molecule has 30 heavy (non-hydrogen) atoms. The fraction of sp³-hybridized carbons (Fsp3) is 0.200. The number of carbonyl (C=O) groups excluding carboxylic acids is 1. The SMILES string of the molecule is CCc1ccc(-c2c(C#N)c(N)nc(SCC(=O)c3c(=O)o[nH][n+]3C)c2C#N)cc1. The number of thioether (sulfide) groups is 1. The van der Waals surface area contributed by atoms with Gasteiger partial charge in [0.1, 0.15) is 28.5 Å². The van der Waals surface area contributed by atoms with E-state index in [0.29, 0.717) is 11.1 Å². The van der Waals surface area contributed by atoms with Gasteiger partial charge in [0.2, 0.25) is 5.78 Å². The average Bonchev–Trinajstić information content (AvgIpc) is 3.09. The standard InChI is InChI=1S/C20H16N6O3S/c1-3-11-4-6-12(7-5-11)16-13(8-21)18(23)24-19(14(16)9-22)30-10-15(27)17-20(28)29-25-26(17)2/h4-7H,3,10H2,1-2H3,(H2-,23,24,25,27,28)/p+1. The number of aromatic nitrogens is 3. The Labute approximate surface area is 175 Å².